The van der Waals surface area contributed by atoms with E-state index in [1.165, 1.54) is 11.8 Å². The van der Waals surface area contributed by atoms with E-state index in [4.69, 9.17) is 9.47 Å². The van der Waals surface area contributed by atoms with E-state index in [-0.39, 0.29) is 17.7 Å². The number of hydrogen-bond donors (Lipinski definition) is 1. The maximum atomic E-state index is 12.3. The van der Waals surface area contributed by atoms with Crippen molar-refractivity contribution in [2.75, 3.05) is 20.0 Å². The van der Waals surface area contributed by atoms with Crippen LogP contribution in [0.25, 0.3) is 17.1 Å². The summed E-state index contributed by atoms with van der Waals surface area (Å²) in [6, 6.07) is 15.4. The molecule has 1 N–H and O–H groups in total. The van der Waals surface area contributed by atoms with Crippen LogP contribution < -0.4 is 14.8 Å². The molecule has 2 aromatic carbocycles. The van der Waals surface area contributed by atoms with Crippen molar-refractivity contribution < 1.29 is 14.3 Å². The molecule has 0 bridgehead atoms. The first-order valence-electron chi connectivity index (χ1n) is 9.72. The number of amides is 1. The van der Waals surface area contributed by atoms with Gasteiger partial charge in [0.25, 0.3) is 0 Å². The number of nitrogens with zero attached hydrogens (tertiary/aromatic N) is 3. The number of carbonyl (C=O) groups is 1. The Balaban J connectivity index is 1.96. The van der Waals surface area contributed by atoms with Crippen molar-refractivity contribution in [3.05, 3.63) is 48.5 Å². The van der Waals surface area contributed by atoms with E-state index in [9.17, 15) is 4.79 Å². The molecule has 1 unspecified atom stereocenters. The molecule has 0 saturated carbocycles. The lowest BCUT2D eigenvalue weighted by atomic mass is 10.2. The molecular formula is C22H26N4O3S. The van der Waals surface area contributed by atoms with E-state index < -0.39 is 0 Å². The number of thioether (sulfide) groups is 1. The maximum absolute atomic E-state index is 12.3. The van der Waals surface area contributed by atoms with Crippen LogP contribution >= 0.6 is 11.8 Å². The van der Waals surface area contributed by atoms with Gasteiger partial charge in [-0.25, -0.2) is 0 Å². The van der Waals surface area contributed by atoms with Crippen LogP contribution in [-0.2, 0) is 4.79 Å². The van der Waals surface area contributed by atoms with Gasteiger partial charge in [-0.2, -0.15) is 0 Å². The molecule has 0 radical (unpaired) electrons. The maximum Gasteiger partial charge on any atom is 0.230 e. The molecule has 1 heterocycles. The van der Waals surface area contributed by atoms with E-state index in [2.05, 4.69) is 15.5 Å². The Morgan fingerprint density at radius 3 is 2.50 bits per heavy atom. The standard InChI is InChI=1S/C22H26N4O3S/c1-5-15(2)23-20(27)14-30-22-25-24-21(16-7-6-8-19(13-16)29-4)26(22)17-9-11-18(28-3)12-10-17/h6-13,15H,5,14H2,1-4H3,(H,23,27). The average molecular weight is 427 g/mol. The van der Waals surface area contributed by atoms with E-state index in [1.54, 1.807) is 14.2 Å². The van der Waals surface area contributed by atoms with Crippen molar-refractivity contribution in [2.24, 2.45) is 0 Å². The highest BCUT2D eigenvalue weighted by molar-refractivity contribution is 7.99. The first-order valence-corrected chi connectivity index (χ1v) is 10.7. The molecule has 1 amide bonds. The van der Waals surface area contributed by atoms with Crippen LogP contribution in [0.3, 0.4) is 0 Å². The van der Waals surface area contributed by atoms with Gasteiger partial charge in [0.1, 0.15) is 11.5 Å². The SMILES string of the molecule is CCC(C)NC(=O)CSc1nnc(-c2cccc(OC)c2)n1-c1ccc(OC)cc1. The number of ether oxygens (including phenoxy) is 2. The number of carbonyl (C=O) groups excluding carboxylic acids is 1. The van der Waals surface area contributed by atoms with Crippen molar-refractivity contribution in [3.8, 4) is 28.6 Å². The molecular weight excluding hydrogens is 400 g/mol. The van der Waals surface area contributed by atoms with E-state index in [0.29, 0.717) is 11.0 Å². The van der Waals surface area contributed by atoms with Crippen molar-refractivity contribution in [1.82, 2.24) is 20.1 Å². The molecule has 0 aliphatic rings. The van der Waals surface area contributed by atoms with Crippen LogP contribution in [0.5, 0.6) is 11.5 Å². The number of methoxy groups -OCH3 is 2. The molecule has 0 fully saturated rings. The third-order valence-corrected chi connectivity index (χ3v) is 5.57. The molecule has 0 spiro atoms. The number of rotatable bonds is 9. The topological polar surface area (TPSA) is 78.3 Å². The lowest BCUT2D eigenvalue weighted by Crippen LogP contribution is -2.33. The minimum atomic E-state index is -0.0263. The second-order valence-electron chi connectivity index (χ2n) is 6.74. The quantitative estimate of drug-likeness (QED) is 0.522. The summed E-state index contributed by atoms with van der Waals surface area (Å²) >= 11 is 1.35. The van der Waals surface area contributed by atoms with Gasteiger partial charge in [-0.15, -0.1) is 10.2 Å². The van der Waals surface area contributed by atoms with Gasteiger partial charge < -0.3 is 14.8 Å². The number of aromatic nitrogens is 3. The normalized spacial score (nSPS) is 11.7. The summed E-state index contributed by atoms with van der Waals surface area (Å²) in [5.41, 5.74) is 1.75. The van der Waals surface area contributed by atoms with Gasteiger partial charge in [-0.1, -0.05) is 30.8 Å². The fraction of sp³-hybridized carbons (Fsp3) is 0.318. The Hall–Kier alpha value is -3.00. The summed E-state index contributed by atoms with van der Waals surface area (Å²) in [7, 11) is 3.26. The summed E-state index contributed by atoms with van der Waals surface area (Å²) in [6.07, 6.45) is 0.887. The van der Waals surface area contributed by atoms with Crippen LogP contribution in [0.2, 0.25) is 0 Å². The van der Waals surface area contributed by atoms with Gasteiger partial charge >= 0.3 is 0 Å². The van der Waals surface area contributed by atoms with Gasteiger partial charge in [-0.05, 0) is 49.7 Å². The monoisotopic (exact) mass is 426 g/mol. The molecule has 158 valence electrons. The summed E-state index contributed by atoms with van der Waals surface area (Å²) in [4.78, 5) is 12.3. The Kier molecular flexibility index (Phi) is 7.35. The molecule has 3 aromatic rings. The van der Waals surface area contributed by atoms with E-state index in [1.807, 2.05) is 66.9 Å². The number of benzene rings is 2. The lowest BCUT2D eigenvalue weighted by molar-refractivity contribution is -0.119. The fourth-order valence-corrected chi connectivity index (χ4v) is 3.59. The predicted molar refractivity (Wildman–Crippen MR) is 119 cm³/mol. The molecule has 0 aliphatic heterocycles. The van der Waals surface area contributed by atoms with Gasteiger partial charge in [0.15, 0.2) is 11.0 Å². The predicted octanol–water partition coefficient (Wildman–Crippen LogP) is 3.96. The molecule has 1 atom stereocenters. The van der Waals surface area contributed by atoms with Crippen LogP contribution in [0, 0.1) is 0 Å². The molecule has 0 aliphatic carbocycles. The van der Waals surface area contributed by atoms with Crippen LogP contribution in [0.1, 0.15) is 20.3 Å². The number of hydrogen-bond acceptors (Lipinski definition) is 6. The summed E-state index contributed by atoms with van der Waals surface area (Å²) in [5.74, 6) is 2.40. The fourth-order valence-electron chi connectivity index (χ4n) is 2.83. The molecule has 1 aromatic heterocycles. The number of nitrogens with one attached hydrogen (secondary N) is 1. The van der Waals surface area contributed by atoms with Crippen molar-refractivity contribution >= 4 is 17.7 Å². The smallest absolute Gasteiger partial charge is 0.230 e. The Morgan fingerprint density at radius 2 is 1.83 bits per heavy atom. The molecule has 0 saturated heterocycles. The zero-order valence-electron chi connectivity index (χ0n) is 17.6. The zero-order chi connectivity index (χ0) is 21.5. The van der Waals surface area contributed by atoms with Crippen LogP contribution in [0.4, 0.5) is 0 Å². The third kappa shape index (κ3) is 5.13. The zero-order valence-corrected chi connectivity index (χ0v) is 18.4. The van der Waals surface area contributed by atoms with Gasteiger partial charge in [-0.3, -0.25) is 9.36 Å². The first-order chi connectivity index (χ1) is 14.5. The third-order valence-electron chi connectivity index (χ3n) is 4.64. The Labute approximate surface area is 180 Å². The second kappa shape index (κ2) is 10.2. The van der Waals surface area contributed by atoms with Crippen LogP contribution in [-0.4, -0.2) is 46.7 Å². The molecule has 8 heteroatoms. The summed E-state index contributed by atoms with van der Waals surface area (Å²) < 4.78 is 12.6. The van der Waals surface area contributed by atoms with Gasteiger partial charge in [0, 0.05) is 17.3 Å². The largest absolute Gasteiger partial charge is 0.497 e. The lowest BCUT2D eigenvalue weighted by Gasteiger charge is -2.13. The highest BCUT2D eigenvalue weighted by Gasteiger charge is 2.18. The van der Waals surface area contributed by atoms with Crippen molar-refractivity contribution in [2.45, 2.75) is 31.5 Å². The van der Waals surface area contributed by atoms with Gasteiger partial charge in [0.05, 0.1) is 20.0 Å². The highest BCUT2D eigenvalue weighted by Crippen LogP contribution is 2.30. The average Bonchev–Trinajstić information content (AvgIpc) is 3.21. The van der Waals surface area contributed by atoms with Crippen molar-refractivity contribution in [3.63, 3.8) is 0 Å². The molecule has 7 nitrogen and oxygen atoms in total. The minimum absolute atomic E-state index is 0.0263. The van der Waals surface area contributed by atoms with Crippen molar-refractivity contribution in [1.29, 1.82) is 0 Å². The van der Waals surface area contributed by atoms with E-state index in [0.717, 1.165) is 29.2 Å². The Morgan fingerprint density at radius 1 is 1.10 bits per heavy atom. The Bertz CT molecular complexity index is 988. The first kappa shape index (κ1) is 21.7. The summed E-state index contributed by atoms with van der Waals surface area (Å²) in [5, 5.41) is 12.4. The van der Waals surface area contributed by atoms with Gasteiger partial charge in [0.2, 0.25) is 5.91 Å². The molecule has 3 rings (SSSR count). The van der Waals surface area contributed by atoms with E-state index >= 15 is 0 Å². The highest BCUT2D eigenvalue weighted by atomic mass is 32.2. The molecule has 30 heavy (non-hydrogen) atoms. The second-order valence-corrected chi connectivity index (χ2v) is 7.68. The minimum Gasteiger partial charge on any atom is -0.497 e. The van der Waals surface area contributed by atoms with Crippen LogP contribution in [0.15, 0.2) is 53.7 Å². The summed E-state index contributed by atoms with van der Waals surface area (Å²) in [6.45, 7) is 4.03.